The summed E-state index contributed by atoms with van der Waals surface area (Å²) in [5.41, 5.74) is 5.78. The number of benzene rings is 1. The maximum atomic E-state index is 12.7. The van der Waals surface area contributed by atoms with Crippen LogP contribution in [0.4, 0.5) is 13.2 Å². The van der Waals surface area contributed by atoms with Gasteiger partial charge in [0.25, 0.3) is 11.8 Å². The maximum absolute atomic E-state index is 12.7. The first-order chi connectivity index (χ1) is 15.6. The summed E-state index contributed by atoms with van der Waals surface area (Å²) in [6, 6.07) is 8.42. The first-order valence-corrected chi connectivity index (χ1v) is 9.58. The summed E-state index contributed by atoms with van der Waals surface area (Å²) in [6.07, 6.45) is -2.49. The minimum absolute atomic E-state index is 0.143. The van der Waals surface area contributed by atoms with Gasteiger partial charge >= 0.3 is 6.18 Å². The van der Waals surface area contributed by atoms with Crippen LogP contribution in [0, 0.1) is 6.92 Å². The smallest absolute Gasteiger partial charge is 0.368 e. The number of carbonyl (C=O) groups is 3. The lowest BCUT2D eigenvalue weighted by Crippen LogP contribution is -2.33. The van der Waals surface area contributed by atoms with Gasteiger partial charge in [0.05, 0.1) is 29.6 Å². The molecular weight excluding hydrogens is 441 g/mol. The van der Waals surface area contributed by atoms with Gasteiger partial charge in [-0.05, 0) is 36.8 Å². The van der Waals surface area contributed by atoms with Crippen molar-refractivity contribution in [3.05, 3.63) is 76.7 Å². The number of carbonyl (C=O) groups excluding carboxylic acids is 3. The Morgan fingerprint density at radius 3 is 2.27 bits per heavy atom. The molecule has 9 nitrogen and oxygen atoms in total. The fourth-order valence-electron chi connectivity index (χ4n) is 2.86. The predicted octanol–water partition coefficient (Wildman–Crippen LogP) is 1.74. The average molecular weight is 460 g/mol. The summed E-state index contributed by atoms with van der Waals surface area (Å²) >= 11 is 0. The minimum atomic E-state index is -4.50. The van der Waals surface area contributed by atoms with Crippen LogP contribution in [0.25, 0.3) is 5.82 Å². The number of amides is 3. The Balaban J connectivity index is 1.63. The first kappa shape index (κ1) is 23.4. The number of primary amides is 1. The quantitative estimate of drug-likeness (QED) is 0.494. The van der Waals surface area contributed by atoms with Crippen LogP contribution in [-0.4, -0.2) is 39.0 Å². The molecule has 172 valence electrons. The van der Waals surface area contributed by atoms with Crippen LogP contribution >= 0.6 is 0 Å². The van der Waals surface area contributed by atoms with Crippen molar-refractivity contribution in [2.75, 3.05) is 6.54 Å². The highest BCUT2D eigenvalue weighted by Gasteiger charge is 2.30. The summed E-state index contributed by atoms with van der Waals surface area (Å²) in [7, 11) is 0. The van der Waals surface area contributed by atoms with E-state index < -0.39 is 29.5 Å². The molecule has 3 rings (SSSR count). The SMILES string of the molecule is Cc1c(C(=O)NCc2ccc(C(=O)NCC(N)=O)cc2)cnn1-c1ccc(C(F)(F)F)cn1. The number of hydrogen-bond acceptors (Lipinski definition) is 5. The molecule has 0 saturated heterocycles. The average Bonchev–Trinajstić information content (AvgIpc) is 3.17. The molecule has 33 heavy (non-hydrogen) atoms. The van der Waals surface area contributed by atoms with Gasteiger partial charge in [0.1, 0.15) is 0 Å². The molecule has 12 heteroatoms. The Kier molecular flexibility index (Phi) is 6.75. The summed E-state index contributed by atoms with van der Waals surface area (Å²) in [4.78, 5) is 38.9. The number of alkyl halides is 3. The van der Waals surface area contributed by atoms with E-state index in [0.29, 0.717) is 23.0 Å². The Hall–Kier alpha value is -4.22. The topological polar surface area (TPSA) is 132 Å². The molecule has 0 saturated carbocycles. The highest BCUT2D eigenvalue weighted by atomic mass is 19.4. The van der Waals surface area contributed by atoms with E-state index in [9.17, 15) is 27.6 Å². The molecule has 0 aliphatic carbocycles. The van der Waals surface area contributed by atoms with E-state index in [-0.39, 0.29) is 24.5 Å². The Morgan fingerprint density at radius 1 is 1.00 bits per heavy atom. The van der Waals surface area contributed by atoms with Crippen molar-refractivity contribution in [1.82, 2.24) is 25.4 Å². The highest BCUT2D eigenvalue weighted by Crippen LogP contribution is 2.28. The van der Waals surface area contributed by atoms with E-state index in [2.05, 4.69) is 20.7 Å². The van der Waals surface area contributed by atoms with E-state index in [1.807, 2.05) is 0 Å². The van der Waals surface area contributed by atoms with Crippen molar-refractivity contribution in [1.29, 1.82) is 0 Å². The van der Waals surface area contributed by atoms with Gasteiger partial charge in [-0.15, -0.1) is 0 Å². The number of nitrogens with zero attached hydrogens (tertiary/aromatic N) is 3. The number of rotatable bonds is 7. The monoisotopic (exact) mass is 460 g/mol. The molecule has 0 fully saturated rings. The molecular formula is C21H19F3N6O3. The lowest BCUT2D eigenvalue weighted by molar-refractivity contribution is -0.137. The zero-order chi connectivity index (χ0) is 24.2. The normalized spacial score (nSPS) is 11.2. The molecule has 0 aliphatic rings. The number of hydrogen-bond donors (Lipinski definition) is 3. The number of pyridine rings is 1. The van der Waals surface area contributed by atoms with Crippen molar-refractivity contribution in [2.45, 2.75) is 19.6 Å². The summed E-state index contributed by atoms with van der Waals surface area (Å²) in [5.74, 6) is -1.40. The first-order valence-electron chi connectivity index (χ1n) is 9.58. The molecule has 0 unspecified atom stereocenters. The zero-order valence-electron chi connectivity index (χ0n) is 17.3. The van der Waals surface area contributed by atoms with Crippen molar-refractivity contribution in [3.63, 3.8) is 0 Å². The molecule has 0 aliphatic heterocycles. The molecule has 1 aromatic carbocycles. The van der Waals surface area contributed by atoms with Crippen molar-refractivity contribution in [3.8, 4) is 5.82 Å². The van der Waals surface area contributed by atoms with E-state index >= 15 is 0 Å². The van der Waals surface area contributed by atoms with E-state index in [1.54, 1.807) is 19.1 Å². The van der Waals surface area contributed by atoms with E-state index in [1.165, 1.54) is 29.1 Å². The number of nitrogens with one attached hydrogen (secondary N) is 2. The van der Waals surface area contributed by atoms with Gasteiger partial charge in [0.2, 0.25) is 5.91 Å². The summed E-state index contributed by atoms with van der Waals surface area (Å²) in [6.45, 7) is 1.48. The van der Waals surface area contributed by atoms with Crippen LogP contribution in [0.2, 0.25) is 0 Å². The molecule has 3 aromatic rings. The second-order valence-corrected chi connectivity index (χ2v) is 6.99. The van der Waals surface area contributed by atoms with Crippen LogP contribution in [0.3, 0.4) is 0 Å². The van der Waals surface area contributed by atoms with Crippen LogP contribution in [-0.2, 0) is 17.5 Å². The van der Waals surface area contributed by atoms with Crippen LogP contribution in [0.1, 0.15) is 37.5 Å². The van der Waals surface area contributed by atoms with Crippen molar-refractivity contribution in [2.24, 2.45) is 5.73 Å². The van der Waals surface area contributed by atoms with Crippen molar-refractivity contribution < 1.29 is 27.6 Å². The lowest BCUT2D eigenvalue weighted by atomic mass is 10.1. The molecule has 4 N–H and O–H groups in total. The third-order valence-electron chi connectivity index (χ3n) is 4.64. The second-order valence-electron chi connectivity index (χ2n) is 6.99. The summed E-state index contributed by atoms with van der Waals surface area (Å²) < 4.78 is 39.4. The predicted molar refractivity (Wildman–Crippen MR) is 110 cm³/mol. The zero-order valence-corrected chi connectivity index (χ0v) is 17.3. The Labute approximate surface area is 185 Å². The molecule has 2 heterocycles. The number of halogens is 3. The molecule has 2 aromatic heterocycles. The van der Waals surface area contributed by atoms with E-state index in [4.69, 9.17) is 5.73 Å². The largest absolute Gasteiger partial charge is 0.417 e. The molecule has 3 amide bonds. The van der Waals surface area contributed by atoms with Gasteiger partial charge in [0, 0.05) is 18.3 Å². The Morgan fingerprint density at radius 2 is 1.70 bits per heavy atom. The van der Waals surface area contributed by atoms with Gasteiger partial charge in [-0.25, -0.2) is 9.67 Å². The van der Waals surface area contributed by atoms with Crippen molar-refractivity contribution >= 4 is 17.7 Å². The molecule has 0 radical (unpaired) electrons. The molecule has 0 spiro atoms. The van der Waals surface area contributed by atoms with Crippen LogP contribution in [0.15, 0.2) is 48.8 Å². The minimum Gasteiger partial charge on any atom is -0.368 e. The van der Waals surface area contributed by atoms with E-state index in [0.717, 1.165) is 6.07 Å². The molecule has 0 atom stereocenters. The van der Waals surface area contributed by atoms with Crippen LogP contribution < -0.4 is 16.4 Å². The summed E-state index contributed by atoms with van der Waals surface area (Å²) in [5, 5.41) is 9.13. The second kappa shape index (κ2) is 9.51. The standard InChI is InChI=1S/C21H19F3N6O3/c1-12-16(10-29-30(12)18-7-6-15(9-26-18)21(22,23)24)20(33)27-8-13-2-4-14(5-3-13)19(32)28-11-17(25)31/h2-7,9-10H,8,11H2,1H3,(H2,25,31)(H,27,33)(H,28,32). The third-order valence-corrected chi connectivity index (χ3v) is 4.64. The number of aromatic nitrogens is 3. The molecule has 0 bridgehead atoms. The van der Waals surface area contributed by atoms with Gasteiger partial charge < -0.3 is 16.4 Å². The van der Waals surface area contributed by atoms with Gasteiger partial charge in [-0.3, -0.25) is 14.4 Å². The van der Waals surface area contributed by atoms with Gasteiger partial charge in [-0.1, -0.05) is 12.1 Å². The maximum Gasteiger partial charge on any atom is 0.417 e. The van der Waals surface area contributed by atoms with Gasteiger partial charge in [-0.2, -0.15) is 18.3 Å². The van der Waals surface area contributed by atoms with Gasteiger partial charge in [0.15, 0.2) is 5.82 Å². The fraction of sp³-hybridized carbons (Fsp3) is 0.190. The Bertz CT molecular complexity index is 1170. The highest BCUT2D eigenvalue weighted by molar-refractivity contribution is 5.96. The fourth-order valence-corrected chi connectivity index (χ4v) is 2.86. The lowest BCUT2D eigenvalue weighted by Gasteiger charge is -2.09. The van der Waals surface area contributed by atoms with Crippen LogP contribution in [0.5, 0.6) is 0 Å². The number of nitrogens with two attached hydrogens (primary N) is 1. The third kappa shape index (κ3) is 5.73.